The first kappa shape index (κ1) is 17.6. The zero-order chi connectivity index (χ0) is 16.4. The van der Waals surface area contributed by atoms with Crippen LogP contribution in [0, 0.1) is 0 Å². The Morgan fingerprint density at radius 3 is 2.44 bits per heavy atom. The standard InChI is InChI=1S/C18H13ClN4S.ClH/c19-14-3-1-12(2-4-14)11-15-16(17-21-9-10-22-17)24-18(23-15)13-5-7-20-8-6-13;/h1-10H,11H2,(H,21,22);1H. The van der Waals surface area contributed by atoms with Crippen molar-refractivity contribution in [1.29, 1.82) is 0 Å². The summed E-state index contributed by atoms with van der Waals surface area (Å²) in [5.41, 5.74) is 3.23. The van der Waals surface area contributed by atoms with E-state index in [4.69, 9.17) is 16.6 Å². The van der Waals surface area contributed by atoms with Crippen LogP contribution in [0.25, 0.3) is 21.3 Å². The number of H-pyrrole nitrogens is 1. The van der Waals surface area contributed by atoms with E-state index in [1.54, 1.807) is 29.9 Å². The molecule has 3 aromatic heterocycles. The minimum atomic E-state index is 0. The van der Waals surface area contributed by atoms with Gasteiger partial charge in [-0.1, -0.05) is 23.7 Å². The molecule has 126 valence electrons. The lowest BCUT2D eigenvalue weighted by Crippen LogP contribution is -1.92. The largest absolute Gasteiger partial charge is 0.344 e. The third kappa shape index (κ3) is 3.90. The fourth-order valence-corrected chi connectivity index (χ4v) is 3.63. The Hall–Kier alpha value is -2.21. The van der Waals surface area contributed by atoms with Gasteiger partial charge >= 0.3 is 0 Å². The number of thiazole rings is 1. The Morgan fingerprint density at radius 2 is 1.76 bits per heavy atom. The summed E-state index contributed by atoms with van der Waals surface area (Å²) in [4.78, 5) is 17.6. The molecule has 0 unspecified atom stereocenters. The number of hydrogen-bond donors (Lipinski definition) is 1. The summed E-state index contributed by atoms with van der Waals surface area (Å²) in [5.74, 6) is 0.844. The van der Waals surface area contributed by atoms with E-state index >= 15 is 0 Å². The molecule has 0 amide bonds. The van der Waals surface area contributed by atoms with Crippen molar-refractivity contribution in [2.45, 2.75) is 6.42 Å². The van der Waals surface area contributed by atoms with Gasteiger partial charge in [0.05, 0.1) is 10.6 Å². The second kappa shape index (κ2) is 7.78. The van der Waals surface area contributed by atoms with Crippen molar-refractivity contribution in [2.24, 2.45) is 0 Å². The molecule has 0 saturated heterocycles. The normalized spacial score (nSPS) is 10.4. The molecule has 4 nitrogen and oxygen atoms in total. The average Bonchev–Trinajstić information content (AvgIpc) is 3.27. The molecule has 4 rings (SSSR count). The van der Waals surface area contributed by atoms with Gasteiger partial charge in [-0.15, -0.1) is 23.7 Å². The summed E-state index contributed by atoms with van der Waals surface area (Å²) in [6, 6.07) is 11.8. The zero-order valence-electron chi connectivity index (χ0n) is 13.0. The molecule has 0 radical (unpaired) electrons. The number of aromatic amines is 1. The number of imidazole rings is 1. The van der Waals surface area contributed by atoms with E-state index in [0.717, 1.165) is 38.4 Å². The number of aromatic nitrogens is 4. The van der Waals surface area contributed by atoms with Crippen LogP contribution in [0.3, 0.4) is 0 Å². The van der Waals surface area contributed by atoms with Gasteiger partial charge in [0.25, 0.3) is 0 Å². The maximum Gasteiger partial charge on any atom is 0.149 e. The summed E-state index contributed by atoms with van der Waals surface area (Å²) < 4.78 is 0. The van der Waals surface area contributed by atoms with Crippen LogP contribution in [0.15, 0.2) is 61.2 Å². The molecule has 0 aliphatic carbocycles. The van der Waals surface area contributed by atoms with Gasteiger partial charge in [0, 0.05) is 41.8 Å². The number of benzene rings is 1. The molecule has 1 aromatic carbocycles. The predicted molar refractivity (Wildman–Crippen MR) is 104 cm³/mol. The predicted octanol–water partition coefficient (Wildman–Crippen LogP) is 5.26. The molecular weight excluding hydrogens is 375 g/mol. The lowest BCUT2D eigenvalue weighted by Gasteiger charge is -2.01. The molecule has 1 N–H and O–H groups in total. The van der Waals surface area contributed by atoms with Gasteiger partial charge in [-0.25, -0.2) is 9.97 Å². The van der Waals surface area contributed by atoms with E-state index in [1.807, 2.05) is 42.6 Å². The third-order valence-corrected chi connectivity index (χ3v) is 5.03. The Morgan fingerprint density at radius 1 is 1.00 bits per heavy atom. The topological polar surface area (TPSA) is 54.5 Å². The molecule has 7 heteroatoms. The van der Waals surface area contributed by atoms with Crippen LogP contribution in [0.1, 0.15) is 11.3 Å². The van der Waals surface area contributed by atoms with Crippen LogP contribution in [0.4, 0.5) is 0 Å². The minimum absolute atomic E-state index is 0. The van der Waals surface area contributed by atoms with E-state index in [0.29, 0.717) is 0 Å². The van der Waals surface area contributed by atoms with Gasteiger partial charge in [0.15, 0.2) is 0 Å². The second-order valence-corrected chi connectivity index (χ2v) is 6.71. The van der Waals surface area contributed by atoms with Gasteiger partial charge in [0.1, 0.15) is 10.8 Å². The van der Waals surface area contributed by atoms with Crippen LogP contribution < -0.4 is 0 Å². The van der Waals surface area contributed by atoms with Crippen molar-refractivity contribution in [3.8, 4) is 21.3 Å². The first-order chi connectivity index (χ1) is 11.8. The van der Waals surface area contributed by atoms with Gasteiger partial charge < -0.3 is 4.98 Å². The molecular formula is C18H14Cl2N4S. The van der Waals surface area contributed by atoms with Crippen LogP contribution in [0.2, 0.25) is 5.02 Å². The first-order valence-corrected chi connectivity index (χ1v) is 8.63. The number of nitrogens with one attached hydrogen (secondary N) is 1. The molecule has 3 heterocycles. The maximum atomic E-state index is 5.98. The molecule has 4 aromatic rings. The van der Waals surface area contributed by atoms with E-state index in [2.05, 4.69) is 15.0 Å². The Labute approximate surface area is 160 Å². The Kier molecular flexibility index (Phi) is 5.48. The number of hydrogen-bond acceptors (Lipinski definition) is 4. The van der Waals surface area contributed by atoms with Crippen molar-refractivity contribution >= 4 is 35.3 Å². The maximum absolute atomic E-state index is 5.98. The van der Waals surface area contributed by atoms with E-state index in [-0.39, 0.29) is 12.4 Å². The SMILES string of the molecule is Cl.Clc1ccc(Cc2nc(-c3ccncc3)sc2-c2ncc[nH]2)cc1. The first-order valence-electron chi connectivity index (χ1n) is 7.44. The highest BCUT2D eigenvalue weighted by Gasteiger charge is 2.16. The Bertz CT molecular complexity index is 935. The van der Waals surface area contributed by atoms with Gasteiger partial charge in [0.2, 0.25) is 0 Å². The highest BCUT2D eigenvalue weighted by atomic mass is 35.5. The highest BCUT2D eigenvalue weighted by molar-refractivity contribution is 7.18. The second-order valence-electron chi connectivity index (χ2n) is 5.27. The molecule has 0 fully saturated rings. The lowest BCUT2D eigenvalue weighted by atomic mass is 10.1. The summed E-state index contributed by atoms with van der Waals surface area (Å²) in [6.45, 7) is 0. The molecule has 0 bridgehead atoms. The molecule has 0 saturated carbocycles. The van der Waals surface area contributed by atoms with Crippen LogP contribution in [-0.4, -0.2) is 19.9 Å². The summed E-state index contributed by atoms with van der Waals surface area (Å²) in [6.07, 6.45) is 7.87. The fraction of sp³-hybridized carbons (Fsp3) is 0.0556. The third-order valence-electron chi connectivity index (χ3n) is 3.62. The van der Waals surface area contributed by atoms with Crippen molar-refractivity contribution in [1.82, 2.24) is 19.9 Å². The van der Waals surface area contributed by atoms with Crippen LogP contribution in [-0.2, 0) is 6.42 Å². The number of pyridine rings is 1. The smallest absolute Gasteiger partial charge is 0.149 e. The Balaban J connectivity index is 0.00000182. The van der Waals surface area contributed by atoms with Crippen molar-refractivity contribution in [2.75, 3.05) is 0 Å². The number of nitrogens with zero attached hydrogens (tertiary/aromatic N) is 3. The molecule has 0 aliphatic heterocycles. The highest BCUT2D eigenvalue weighted by Crippen LogP contribution is 2.34. The number of halogens is 2. The lowest BCUT2D eigenvalue weighted by molar-refractivity contribution is 1.10. The van der Waals surface area contributed by atoms with E-state index in [9.17, 15) is 0 Å². The fourth-order valence-electron chi connectivity index (χ4n) is 2.46. The van der Waals surface area contributed by atoms with Crippen molar-refractivity contribution < 1.29 is 0 Å². The van der Waals surface area contributed by atoms with E-state index < -0.39 is 0 Å². The van der Waals surface area contributed by atoms with Gasteiger partial charge in [-0.2, -0.15) is 0 Å². The number of rotatable bonds is 4. The quantitative estimate of drug-likeness (QED) is 0.518. The molecule has 0 aliphatic rings. The zero-order valence-corrected chi connectivity index (χ0v) is 15.4. The van der Waals surface area contributed by atoms with Crippen molar-refractivity contribution in [3.63, 3.8) is 0 Å². The van der Waals surface area contributed by atoms with Crippen LogP contribution >= 0.6 is 35.3 Å². The molecule has 0 atom stereocenters. The van der Waals surface area contributed by atoms with Gasteiger partial charge in [-0.3, -0.25) is 4.98 Å². The summed E-state index contributed by atoms with van der Waals surface area (Å²) in [5, 5.41) is 1.70. The summed E-state index contributed by atoms with van der Waals surface area (Å²) >= 11 is 7.61. The summed E-state index contributed by atoms with van der Waals surface area (Å²) in [7, 11) is 0. The van der Waals surface area contributed by atoms with E-state index in [1.165, 1.54) is 5.56 Å². The van der Waals surface area contributed by atoms with Gasteiger partial charge in [-0.05, 0) is 29.8 Å². The van der Waals surface area contributed by atoms with Crippen molar-refractivity contribution in [3.05, 3.63) is 77.5 Å². The molecule has 25 heavy (non-hydrogen) atoms. The van der Waals surface area contributed by atoms with Crippen LogP contribution in [0.5, 0.6) is 0 Å². The molecule has 0 spiro atoms. The monoisotopic (exact) mass is 388 g/mol. The minimum Gasteiger partial charge on any atom is -0.344 e. The average molecular weight is 389 g/mol.